The molecule has 3 amide bonds. The summed E-state index contributed by atoms with van der Waals surface area (Å²) in [6.07, 6.45) is 6.84. The van der Waals surface area contributed by atoms with Crippen LogP contribution in [0.2, 0.25) is 0 Å². The maximum atomic E-state index is 11.8. The van der Waals surface area contributed by atoms with Crippen molar-refractivity contribution in [3.63, 3.8) is 0 Å². The van der Waals surface area contributed by atoms with Gasteiger partial charge in [0.05, 0.1) is 11.7 Å². The van der Waals surface area contributed by atoms with E-state index in [0.717, 1.165) is 41.7 Å². The van der Waals surface area contributed by atoms with Gasteiger partial charge in [-0.3, -0.25) is 19.8 Å². The summed E-state index contributed by atoms with van der Waals surface area (Å²) >= 11 is 1.20. The molecule has 1 fully saturated rings. The van der Waals surface area contributed by atoms with E-state index in [2.05, 4.69) is 5.32 Å². The van der Waals surface area contributed by atoms with Crippen molar-refractivity contribution in [3.8, 4) is 10.4 Å². The highest BCUT2D eigenvalue weighted by molar-refractivity contribution is 7.20. The van der Waals surface area contributed by atoms with E-state index in [0.29, 0.717) is 11.5 Å². The molecule has 0 spiro atoms. The lowest BCUT2D eigenvalue weighted by molar-refractivity contribution is -0.148. The van der Waals surface area contributed by atoms with E-state index in [9.17, 15) is 24.6 Å². The molecule has 0 unspecified atom stereocenters. The van der Waals surface area contributed by atoms with Crippen LogP contribution in [-0.2, 0) is 4.79 Å². The van der Waals surface area contributed by atoms with E-state index in [4.69, 9.17) is 11.5 Å². The molecule has 1 saturated carbocycles. The van der Waals surface area contributed by atoms with Crippen molar-refractivity contribution in [1.82, 2.24) is 4.90 Å². The highest BCUT2D eigenvalue weighted by Gasteiger charge is 2.35. The third-order valence-corrected chi connectivity index (χ3v) is 7.02. The lowest BCUT2D eigenvalue weighted by atomic mass is 10.1. The Morgan fingerprint density at radius 2 is 1.85 bits per heavy atom. The standard InChI is InChI=1S/C24H30N4O5S/c1-14(29)20(23(31)32)28(17-6-2-3-7-17)12-4-5-15-8-10-16(11-9-15)19-13-18(21(25)30)22(34-19)27-24(26)33/h4-5,8-11,13-14,17,20,29H,2-3,6-7,12H2,1H3,(H2,25,30)(H,31,32)(H3,26,27,33)/b5-4+/t14-,20+/m1/s1. The molecule has 1 heterocycles. The van der Waals surface area contributed by atoms with E-state index >= 15 is 0 Å². The number of aliphatic hydroxyl groups excluding tert-OH is 1. The second kappa shape index (κ2) is 11.3. The van der Waals surface area contributed by atoms with Gasteiger partial charge in [0.1, 0.15) is 11.0 Å². The number of rotatable bonds is 10. The number of carboxylic acids is 1. The number of carboxylic acid groups (broad SMARTS) is 1. The Balaban J connectivity index is 1.74. The molecule has 7 N–H and O–H groups in total. The molecule has 1 aromatic carbocycles. The molecule has 3 rings (SSSR count). The Hall–Kier alpha value is -3.21. The van der Waals surface area contributed by atoms with Gasteiger partial charge in [-0.05, 0) is 37.0 Å². The summed E-state index contributed by atoms with van der Waals surface area (Å²) in [7, 11) is 0. The topological polar surface area (TPSA) is 159 Å². The Kier molecular flexibility index (Phi) is 8.43. The molecule has 1 aliphatic rings. The lowest BCUT2D eigenvalue weighted by Gasteiger charge is -2.34. The number of hydrogen-bond donors (Lipinski definition) is 5. The summed E-state index contributed by atoms with van der Waals surface area (Å²) in [6.45, 7) is 1.94. The van der Waals surface area contributed by atoms with Crippen LogP contribution in [0.5, 0.6) is 0 Å². The molecular formula is C24H30N4O5S. The molecule has 9 nitrogen and oxygen atoms in total. The SMILES string of the molecule is C[C@@H](O)[C@@H](C(=O)O)N(C/C=C/c1ccc(-c2cc(C(N)=O)c(NC(N)=O)s2)cc1)C1CCCC1. The van der Waals surface area contributed by atoms with Gasteiger partial charge in [0.25, 0.3) is 5.91 Å². The molecule has 2 atom stereocenters. The summed E-state index contributed by atoms with van der Waals surface area (Å²) in [5, 5.41) is 22.4. The van der Waals surface area contributed by atoms with Gasteiger partial charge < -0.3 is 21.7 Å². The number of nitrogens with two attached hydrogens (primary N) is 2. The molecule has 1 aromatic heterocycles. The summed E-state index contributed by atoms with van der Waals surface area (Å²) in [5.74, 6) is -1.68. The number of primary amides is 2. The zero-order chi connectivity index (χ0) is 24.8. The number of benzene rings is 1. The normalized spacial score (nSPS) is 16.1. The van der Waals surface area contributed by atoms with E-state index < -0.39 is 30.1 Å². The number of nitrogens with zero attached hydrogens (tertiary/aromatic N) is 1. The molecule has 182 valence electrons. The molecule has 0 radical (unpaired) electrons. The van der Waals surface area contributed by atoms with Crippen molar-refractivity contribution >= 4 is 40.3 Å². The van der Waals surface area contributed by atoms with Gasteiger partial charge in [0, 0.05) is 17.5 Å². The van der Waals surface area contributed by atoms with E-state index in [1.807, 2.05) is 41.3 Å². The summed E-state index contributed by atoms with van der Waals surface area (Å²) < 4.78 is 0. The third-order valence-electron chi connectivity index (χ3n) is 5.92. The van der Waals surface area contributed by atoms with Crippen LogP contribution in [0.4, 0.5) is 9.80 Å². The van der Waals surface area contributed by atoms with Crippen LogP contribution in [0.3, 0.4) is 0 Å². The van der Waals surface area contributed by atoms with Crippen LogP contribution < -0.4 is 16.8 Å². The first-order valence-corrected chi connectivity index (χ1v) is 11.9. The van der Waals surface area contributed by atoms with Crippen molar-refractivity contribution in [2.45, 2.75) is 50.8 Å². The Bertz CT molecular complexity index is 1060. The number of aliphatic carboxylic acids is 1. The van der Waals surface area contributed by atoms with Crippen molar-refractivity contribution in [1.29, 1.82) is 0 Å². The average molecular weight is 487 g/mol. The first kappa shape index (κ1) is 25.4. The maximum Gasteiger partial charge on any atom is 0.323 e. The Morgan fingerprint density at radius 1 is 1.21 bits per heavy atom. The number of hydrogen-bond acceptors (Lipinski definition) is 6. The monoisotopic (exact) mass is 486 g/mol. The van der Waals surface area contributed by atoms with Gasteiger partial charge in [-0.1, -0.05) is 49.3 Å². The van der Waals surface area contributed by atoms with Crippen LogP contribution in [0.25, 0.3) is 16.5 Å². The van der Waals surface area contributed by atoms with Crippen molar-refractivity contribution in [2.24, 2.45) is 11.5 Å². The number of amides is 3. The van der Waals surface area contributed by atoms with E-state index in [-0.39, 0.29) is 11.6 Å². The third kappa shape index (κ3) is 6.22. The van der Waals surface area contributed by atoms with Gasteiger partial charge in [-0.2, -0.15) is 0 Å². The van der Waals surface area contributed by atoms with Crippen LogP contribution in [0.15, 0.2) is 36.4 Å². The second-order valence-electron chi connectivity index (χ2n) is 8.39. The Labute approximate surface area is 202 Å². The van der Waals surface area contributed by atoms with Gasteiger partial charge in [0.2, 0.25) is 0 Å². The number of carbonyl (C=O) groups is 3. The summed E-state index contributed by atoms with van der Waals surface area (Å²) in [6, 6.07) is 7.61. The molecule has 2 aromatic rings. The minimum absolute atomic E-state index is 0.143. The zero-order valence-corrected chi connectivity index (χ0v) is 19.8. The molecule has 0 aliphatic heterocycles. The molecule has 34 heavy (non-hydrogen) atoms. The first-order valence-electron chi connectivity index (χ1n) is 11.1. The Morgan fingerprint density at radius 3 is 2.38 bits per heavy atom. The van der Waals surface area contributed by atoms with Crippen molar-refractivity contribution < 1.29 is 24.6 Å². The molecule has 0 saturated heterocycles. The van der Waals surface area contributed by atoms with Gasteiger partial charge in [-0.25, -0.2) is 4.79 Å². The van der Waals surface area contributed by atoms with Crippen LogP contribution in [-0.4, -0.2) is 57.8 Å². The lowest BCUT2D eigenvalue weighted by Crippen LogP contribution is -2.52. The smallest absolute Gasteiger partial charge is 0.323 e. The number of nitrogens with one attached hydrogen (secondary N) is 1. The van der Waals surface area contributed by atoms with Crippen LogP contribution in [0.1, 0.15) is 48.5 Å². The number of carbonyl (C=O) groups excluding carboxylic acids is 2. The fourth-order valence-corrected chi connectivity index (χ4v) is 5.41. The van der Waals surface area contributed by atoms with Gasteiger partial charge in [-0.15, -0.1) is 11.3 Å². The van der Waals surface area contributed by atoms with Crippen molar-refractivity contribution in [3.05, 3.63) is 47.5 Å². The number of anilines is 1. The van der Waals surface area contributed by atoms with Gasteiger partial charge in [0.15, 0.2) is 0 Å². The first-order chi connectivity index (χ1) is 16.2. The highest BCUT2D eigenvalue weighted by atomic mass is 32.1. The summed E-state index contributed by atoms with van der Waals surface area (Å²) in [5.41, 5.74) is 12.5. The number of thiophene rings is 1. The highest BCUT2D eigenvalue weighted by Crippen LogP contribution is 2.35. The fourth-order valence-electron chi connectivity index (χ4n) is 4.34. The van der Waals surface area contributed by atoms with Crippen molar-refractivity contribution in [2.75, 3.05) is 11.9 Å². The van der Waals surface area contributed by atoms with Crippen LogP contribution >= 0.6 is 11.3 Å². The fraction of sp³-hybridized carbons (Fsp3) is 0.375. The number of aliphatic hydroxyl groups is 1. The number of urea groups is 1. The molecule has 10 heteroatoms. The predicted molar refractivity (Wildman–Crippen MR) is 133 cm³/mol. The largest absolute Gasteiger partial charge is 0.480 e. The van der Waals surface area contributed by atoms with Crippen LogP contribution in [0, 0.1) is 0 Å². The van der Waals surface area contributed by atoms with E-state index in [1.54, 1.807) is 6.07 Å². The predicted octanol–water partition coefficient (Wildman–Crippen LogP) is 3.10. The second-order valence-corrected chi connectivity index (χ2v) is 9.44. The minimum atomic E-state index is -1.02. The van der Waals surface area contributed by atoms with E-state index in [1.165, 1.54) is 18.3 Å². The summed E-state index contributed by atoms with van der Waals surface area (Å²) in [4.78, 5) is 37.3. The molecular weight excluding hydrogens is 456 g/mol. The molecule has 1 aliphatic carbocycles. The quantitative estimate of drug-likeness (QED) is 0.347. The maximum absolute atomic E-state index is 11.8. The molecule has 0 bridgehead atoms. The van der Waals surface area contributed by atoms with Gasteiger partial charge >= 0.3 is 12.0 Å². The average Bonchev–Trinajstić information content (AvgIpc) is 3.43. The minimum Gasteiger partial charge on any atom is -0.480 e. The zero-order valence-electron chi connectivity index (χ0n) is 18.9.